The topological polar surface area (TPSA) is 44.8 Å². The molecule has 0 aromatic heterocycles. The molecule has 0 saturated carbocycles. The Balaban J connectivity index is 2.03. The molecule has 1 aromatic carbocycles. The Kier molecular flexibility index (Phi) is 4.79. The summed E-state index contributed by atoms with van der Waals surface area (Å²) in [7, 11) is 3.64. The van der Waals surface area contributed by atoms with Gasteiger partial charge in [0, 0.05) is 30.7 Å². The molecular formula is C13H18BrN3O2. The Morgan fingerprint density at radius 1 is 1.32 bits per heavy atom. The lowest BCUT2D eigenvalue weighted by molar-refractivity contribution is 0.0660. The smallest absolute Gasteiger partial charge is 0.269 e. The fourth-order valence-corrected chi connectivity index (χ4v) is 2.31. The second kappa shape index (κ2) is 6.36. The Morgan fingerprint density at radius 2 is 2.00 bits per heavy atom. The summed E-state index contributed by atoms with van der Waals surface area (Å²) in [5, 5.41) is 1.95. The van der Waals surface area contributed by atoms with E-state index in [1.165, 1.54) is 0 Å². The number of amides is 1. The standard InChI is InChI=1S/C13H18BrN3O2/c1-16-5-7-17(8-6-16)15-13(18)11-4-3-10(14)9-12(11)19-2/h3-4,9H,5-8H2,1-2H3,(H,15,18). The normalized spacial score (nSPS) is 17.2. The van der Waals surface area contributed by atoms with E-state index in [2.05, 4.69) is 33.3 Å². The zero-order chi connectivity index (χ0) is 13.8. The summed E-state index contributed by atoms with van der Waals surface area (Å²) in [4.78, 5) is 14.5. The summed E-state index contributed by atoms with van der Waals surface area (Å²) in [6.45, 7) is 3.58. The highest BCUT2D eigenvalue weighted by Gasteiger charge is 2.18. The SMILES string of the molecule is COc1cc(Br)ccc1C(=O)NN1CCN(C)CC1. The van der Waals surface area contributed by atoms with Crippen molar-refractivity contribution in [1.29, 1.82) is 0 Å². The van der Waals surface area contributed by atoms with Crippen molar-refractivity contribution in [3.05, 3.63) is 28.2 Å². The molecule has 1 N–H and O–H groups in total. The number of benzene rings is 1. The Hall–Kier alpha value is -1.11. The summed E-state index contributed by atoms with van der Waals surface area (Å²) < 4.78 is 6.13. The molecule has 1 aliphatic rings. The van der Waals surface area contributed by atoms with Gasteiger partial charge in [0.2, 0.25) is 0 Å². The van der Waals surface area contributed by atoms with Crippen molar-refractivity contribution in [2.24, 2.45) is 0 Å². The molecule has 1 aliphatic heterocycles. The van der Waals surface area contributed by atoms with Crippen molar-refractivity contribution in [3.63, 3.8) is 0 Å². The van der Waals surface area contributed by atoms with Gasteiger partial charge in [0.1, 0.15) is 5.75 Å². The number of carbonyl (C=O) groups is 1. The Bertz CT molecular complexity index is 459. The summed E-state index contributed by atoms with van der Waals surface area (Å²) in [6, 6.07) is 5.38. The van der Waals surface area contributed by atoms with Gasteiger partial charge in [-0.25, -0.2) is 5.01 Å². The van der Waals surface area contributed by atoms with Gasteiger partial charge in [-0.15, -0.1) is 0 Å². The van der Waals surface area contributed by atoms with E-state index in [9.17, 15) is 4.79 Å². The van der Waals surface area contributed by atoms with Crippen molar-refractivity contribution in [1.82, 2.24) is 15.3 Å². The second-order valence-corrected chi connectivity index (χ2v) is 5.49. The van der Waals surface area contributed by atoms with E-state index in [-0.39, 0.29) is 5.91 Å². The first-order valence-electron chi connectivity index (χ1n) is 6.18. The molecule has 0 bridgehead atoms. The van der Waals surface area contributed by atoms with E-state index >= 15 is 0 Å². The van der Waals surface area contributed by atoms with E-state index in [1.54, 1.807) is 19.2 Å². The minimum Gasteiger partial charge on any atom is -0.496 e. The van der Waals surface area contributed by atoms with E-state index in [4.69, 9.17) is 4.74 Å². The Morgan fingerprint density at radius 3 is 2.63 bits per heavy atom. The van der Waals surface area contributed by atoms with Crippen molar-refractivity contribution < 1.29 is 9.53 Å². The minimum atomic E-state index is -0.131. The monoisotopic (exact) mass is 327 g/mol. The molecule has 104 valence electrons. The molecule has 1 fully saturated rings. The first-order valence-corrected chi connectivity index (χ1v) is 6.97. The number of halogens is 1. The largest absolute Gasteiger partial charge is 0.496 e. The summed E-state index contributed by atoms with van der Waals surface area (Å²) in [6.07, 6.45) is 0. The number of hydrazine groups is 1. The van der Waals surface area contributed by atoms with Crippen LogP contribution in [0.1, 0.15) is 10.4 Å². The van der Waals surface area contributed by atoms with Gasteiger partial charge in [0.15, 0.2) is 0 Å². The molecule has 0 atom stereocenters. The van der Waals surface area contributed by atoms with Crippen LogP contribution in [-0.4, -0.2) is 56.2 Å². The van der Waals surface area contributed by atoms with Gasteiger partial charge >= 0.3 is 0 Å². The number of rotatable bonds is 3. The number of nitrogens with zero attached hydrogens (tertiary/aromatic N) is 2. The first-order chi connectivity index (χ1) is 9.10. The van der Waals surface area contributed by atoms with Crippen molar-refractivity contribution in [2.75, 3.05) is 40.3 Å². The van der Waals surface area contributed by atoms with E-state index < -0.39 is 0 Å². The third-order valence-corrected chi connectivity index (χ3v) is 3.66. The van der Waals surface area contributed by atoms with Crippen LogP contribution in [0.5, 0.6) is 5.75 Å². The fourth-order valence-electron chi connectivity index (χ4n) is 1.97. The molecule has 1 heterocycles. The third-order valence-electron chi connectivity index (χ3n) is 3.17. The maximum atomic E-state index is 12.2. The lowest BCUT2D eigenvalue weighted by atomic mass is 10.2. The minimum absolute atomic E-state index is 0.131. The predicted molar refractivity (Wildman–Crippen MR) is 77.2 cm³/mol. The molecule has 1 aromatic rings. The molecule has 1 amide bonds. The molecule has 19 heavy (non-hydrogen) atoms. The highest BCUT2D eigenvalue weighted by atomic mass is 79.9. The maximum absolute atomic E-state index is 12.2. The molecule has 0 aliphatic carbocycles. The number of hydrogen-bond donors (Lipinski definition) is 1. The number of hydrogen-bond acceptors (Lipinski definition) is 4. The van der Waals surface area contributed by atoms with Crippen LogP contribution >= 0.6 is 15.9 Å². The van der Waals surface area contributed by atoms with Gasteiger partial charge in [-0.2, -0.15) is 0 Å². The average molecular weight is 328 g/mol. The summed E-state index contributed by atoms with van der Waals surface area (Å²) in [5.41, 5.74) is 3.47. The van der Waals surface area contributed by atoms with Crippen LogP contribution < -0.4 is 10.2 Å². The fraction of sp³-hybridized carbons (Fsp3) is 0.462. The van der Waals surface area contributed by atoms with E-state index in [0.29, 0.717) is 11.3 Å². The number of piperazine rings is 1. The maximum Gasteiger partial charge on any atom is 0.269 e. The Labute approximate surface area is 121 Å². The van der Waals surface area contributed by atoms with Crippen LogP contribution in [0.3, 0.4) is 0 Å². The van der Waals surface area contributed by atoms with Crippen molar-refractivity contribution in [3.8, 4) is 5.75 Å². The molecular weight excluding hydrogens is 310 g/mol. The van der Waals surface area contributed by atoms with E-state index in [1.807, 2.05) is 11.1 Å². The number of methoxy groups -OCH3 is 1. The molecule has 2 rings (SSSR count). The zero-order valence-corrected chi connectivity index (χ0v) is 12.7. The average Bonchev–Trinajstić information content (AvgIpc) is 2.41. The van der Waals surface area contributed by atoms with Crippen LogP contribution in [0.25, 0.3) is 0 Å². The zero-order valence-electron chi connectivity index (χ0n) is 11.1. The van der Waals surface area contributed by atoms with Crippen LogP contribution in [0, 0.1) is 0 Å². The molecule has 1 saturated heterocycles. The van der Waals surface area contributed by atoms with Crippen LogP contribution in [-0.2, 0) is 0 Å². The van der Waals surface area contributed by atoms with Gasteiger partial charge in [0.25, 0.3) is 5.91 Å². The molecule has 0 unspecified atom stereocenters. The quantitative estimate of drug-likeness (QED) is 0.910. The highest BCUT2D eigenvalue weighted by molar-refractivity contribution is 9.10. The second-order valence-electron chi connectivity index (χ2n) is 4.58. The number of likely N-dealkylation sites (N-methyl/N-ethyl adjacent to an activating group) is 1. The van der Waals surface area contributed by atoms with E-state index in [0.717, 1.165) is 30.7 Å². The van der Waals surface area contributed by atoms with Gasteiger partial charge in [0.05, 0.1) is 12.7 Å². The van der Waals surface area contributed by atoms with Crippen molar-refractivity contribution >= 4 is 21.8 Å². The lowest BCUT2D eigenvalue weighted by Crippen LogP contribution is -2.52. The molecule has 0 spiro atoms. The molecule has 0 radical (unpaired) electrons. The van der Waals surface area contributed by atoms with Crippen LogP contribution in [0.4, 0.5) is 0 Å². The summed E-state index contributed by atoms with van der Waals surface area (Å²) >= 11 is 3.36. The molecule has 6 heteroatoms. The van der Waals surface area contributed by atoms with Gasteiger partial charge in [-0.3, -0.25) is 10.2 Å². The number of nitrogens with one attached hydrogen (secondary N) is 1. The van der Waals surface area contributed by atoms with Gasteiger partial charge in [-0.1, -0.05) is 15.9 Å². The van der Waals surface area contributed by atoms with Gasteiger partial charge < -0.3 is 9.64 Å². The highest BCUT2D eigenvalue weighted by Crippen LogP contribution is 2.23. The molecule has 5 nitrogen and oxygen atoms in total. The lowest BCUT2D eigenvalue weighted by Gasteiger charge is -2.32. The number of carbonyl (C=O) groups excluding carboxylic acids is 1. The predicted octanol–water partition coefficient (Wildman–Crippen LogP) is 1.35. The van der Waals surface area contributed by atoms with Crippen LogP contribution in [0.15, 0.2) is 22.7 Å². The van der Waals surface area contributed by atoms with Crippen LogP contribution in [0.2, 0.25) is 0 Å². The first kappa shape index (κ1) is 14.3. The van der Waals surface area contributed by atoms with Crippen molar-refractivity contribution in [2.45, 2.75) is 0 Å². The number of ether oxygens (including phenoxy) is 1. The summed E-state index contributed by atoms with van der Waals surface area (Å²) in [5.74, 6) is 0.440. The third kappa shape index (κ3) is 3.68. The van der Waals surface area contributed by atoms with Gasteiger partial charge in [-0.05, 0) is 25.2 Å².